The summed E-state index contributed by atoms with van der Waals surface area (Å²) in [6, 6.07) is 13.7. The number of nitrogens with zero attached hydrogens (tertiary/aromatic N) is 1. The molecule has 154 valence electrons. The lowest BCUT2D eigenvalue weighted by atomic mass is 10.1. The fourth-order valence-electron chi connectivity index (χ4n) is 3.24. The Morgan fingerprint density at radius 3 is 2.28 bits per heavy atom. The number of hydrogen-bond acceptors (Lipinski definition) is 5. The molecule has 1 saturated heterocycles. The predicted molar refractivity (Wildman–Crippen MR) is 115 cm³/mol. The average molecular weight is 396 g/mol. The predicted octanol–water partition coefficient (Wildman–Crippen LogP) is 3.43. The van der Waals surface area contributed by atoms with Crippen LogP contribution < -0.4 is 19.7 Å². The first kappa shape index (κ1) is 20.7. The number of benzene rings is 2. The van der Waals surface area contributed by atoms with Gasteiger partial charge in [0.15, 0.2) is 0 Å². The molecule has 29 heavy (non-hydrogen) atoms. The molecule has 6 nitrogen and oxygen atoms in total. The molecule has 0 saturated carbocycles. The zero-order valence-corrected chi connectivity index (χ0v) is 17.2. The van der Waals surface area contributed by atoms with Crippen LogP contribution in [0.1, 0.15) is 24.1 Å². The number of ether oxygens (including phenoxy) is 3. The largest absolute Gasteiger partial charge is 0.497 e. The zero-order chi connectivity index (χ0) is 20.6. The Hall–Kier alpha value is -2.99. The van der Waals surface area contributed by atoms with Crippen molar-refractivity contribution in [3.63, 3.8) is 0 Å². The molecule has 6 heteroatoms. The van der Waals surface area contributed by atoms with Crippen LogP contribution in [0.15, 0.2) is 48.5 Å². The Kier molecular flexibility index (Phi) is 7.14. The van der Waals surface area contributed by atoms with E-state index in [2.05, 4.69) is 34.5 Å². The van der Waals surface area contributed by atoms with Crippen molar-refractivity contribution >= 4 is 17.7 Å². The second kappa shape index (κ2) is 9.98. The van der Waals surface area contributed by atoms with Crippen molar-refractivity contribution in [1.82, 2.24) is 5.32 Å². The van der Waals surface area contributed by atoms with E-state index in [1.807, 2.05) is 19.1 Å². The lowest BCUT2D eigenvalue weighted by Gasteiger charge is -2.29. The number of hydrogen-bond donors (Lipinski definition) is 1. The Balaban J connectivity index is 1.59. The van der Waals surface area contributed by atoms with E-state index >= 15 is 0 Å². The zero-order valence-electron chi connectivity index (χ0n) is 17.2. The van der Waals surface area contributed by atoms with Gasteiger partial charge in [-0.25, -0.2) is 0 Å². The highest BCUT2D eigenvalue weighted by Gasteiger charge is 2.12. The Morgan fingerprint density at radius 2 is 1.69 bits per heavy atom. The first-order valence-electron chi connectivity index (χ1n) is 9.73. The molecule has 2 aromatic carbocycles. The van der Waals surface area contributed by atoms with Gasteiger partial charge in [-0.2, -0.15) is 0 Å². The van der Waals surface area contributed by atoms with Gasteiger partial charge in [-0.15, -0.1) is 0 Å². The maximum absolute atomic E-state index is 12.3. The van der Waals surface area contributed by atoms with E-state index in [4.69, 9.17) is 14.2 Å². The van der Waals surface area contributed by atoms with Crippen LogP contribution in [0.4, 0.5) is 5.69 Å². The van der Waals surface area contributed by atoms with Crippen LogP contribution in [0.2, 0.25) is 0 Å². The number of carbonyl (C=O) groups excluding carboxylic acids is 1. The highest BCUT2D eigenvalue weighted by atomic mass is 16.5. The number of amides is 1. The molecule has 1 unspecified atom stereocenters. The third kappa shape index (κ3) is 5.74. The van der Waals surface area contributed by atoms with Crippen molar-refractivity contribution in [3.05, 3.63) is 59.7 Å². The molecule has 1 aliphatic rings. The van der Waals surface area contributed by atoms with E-state index in [1.54, 1.807) is 26.4 Å². The third-order valence-corrected chi connectivity index (χ3v) is 4.93. The second-order valence-corrected chi connectivity index (χ2v) is 6.90. The van der Waals surface area contributed by atoms with Crippen molar-refractivity contribution in [2.24, 2.45) is 0 Å². The molecule has 0 spiro atoms. The van der Waals surface area contributed by atoms with Crippen LogP contribution >= 0.6 is 0 Å². The summed E-state index contributed by atoms with van der Waals surface area (Å²) in [5.41, 5.74) is 3.08. The van der Waals surface area contributed by atoms with Gasteiger partial charge < -0.3 is 24.4 Å². The standard InChI is InChI=1S/C23H28N2O4/c1-17(19-5-7-20(8-6-19)25-10-12-29-13-11-25)24-23(26)9-4-18-14-21(27-2)16-22(15-18)28-3/h4-9,14-17H,10-13H2,1-3H3,(H,24,26)/b9-4+. The van der Waals surface area contributed by atoms with Gasteiger partial charge in [0.1, 0.15) is 11.5 Å². The Morgan fingerprint density at radius 1 is 1.07 bits per heavy atom. The number of carbonyl (C=O) groups is 1. The molecule has 0 radical (unpaired) electrons. The highest BCUT2D eigenvalue weighted by Crippen LogP contribution is 2.23. The quantitative estimate of drug-likeness (QED) is 0.727. The number of morpholine rings is 1. The van der Waals surface area contributed by atoms with E-state index in [0.29, 0.717) is 11.5 Å². The van der Waals surface area contributed by atoms with Gasteiger partial charge in [0, 0.05) is 30.9 Å². The number of methoxy groups -OCH3 is 2. The molecule has 1 fully saturated rings. The fourth-order valence-corrected chi connectivity index (χ4v) is 3.24. The molecule has 2 aromatic rings. The number of rotatable bonds is 7. The first-order chi connectivity index (χ1) is 14.1. The molecular formula is C23H28N2O4. The summed E-state index contributed by atoms with van der Waals surface area (Å²) >= 11 is 0. The van der Waals surface area contributed by atoms with Crippen LogP contribution in [0.3, 0.4) is 0 Å². The molecule has 0 bridgehead atoms. The van der Waals surface area contributed by atoms with Gasteiger partial charge in [0.25, 0.3) is 0 Å². The van der Waals surface area contributed by atoms with E-state index in [0.717, 1.165) is 37.4 Å². The normalized spacial score (nSPS) is 15.2. The molecule has 1 N–H and O–H groups in total. The summed E-state index contributed by atoms with van der Waals surface area (Å²) in [4.78, 5) is 14.6. The average Bonchev–Trinajstić information content (AvgIpc) is 2.78. The van der Waals surface area contributed by atoms with Gasteiger partial charge in [0.05, 0.1) is 33.5 Å². The second-order valence-electron chi connectivity index (χ2n) is 6.90. The van der Waals surface area contributed by atoms with Crippen LogP contribution in [0.25, 0.3) is 6.08 Å². The molecule has 0 aliphatic carbocycles. The third-order valence-electron chi connectivity index (χ3n) is 4.93. The molecule has 1 atom stereocenters. The van der Waals surface area contributed by atoms with E-state index in [9.17, 15) is 4.79 Å². The topological polar surface area (TPSA) is 60.0 Å². The maximum atomic E-state index is 12.3. The van der Waals surface area contributed by atoms with Crippen molar-refractivity contribution in [2.45, 2.75) is 13.0 Å². The Bertz CT molecular complexity index is 820. The first-order valence-corrected chi connectivity index (χ1v) is 9.73. The summed E-state index contributed by atoms with van der Waals surface area (Å²) in [5, 5.41) is 3.00. The van der Waals surface area contributed by atoms with Crippen LogP contribution in [-0.4, -0.2) is 46.4 Å². The SMILES string of the molecule is COc1cc(/C=C/C(=O)NC(C)c2ccc(N3CCOCC3)cc2)cc(OC)c1. The maximum Gasteiger partial charge on any atom is 0.244 e. The molecule has 1 aliphatic heterocycles. The van der Waals surface area contributed by atoms with Gasteiger partial charge in [-0.3, -0.25) is 4.79 Å². The molecule has 1 heterocycles. The molecule has 3 rings (SSSR count). The highest BCUT2D eigenvalue weighted by molar-refractivity contribution is 5.92. The minimum absolute atomic E-state index is 0.0919. The van der Waals surface area contributed by atoms with Crippen molar-refractivity contribution in [2.75, 3.05) is 45.4 Å². The van der Waals surface area contributed by atoms with Crippen molar-refractivity contribution < 1.29 is 19.0 Å². The summed E-state index contributed by atoms with van der Waals surface area (Å²) in [7, 11) is 3.20. The Labute approximate surface area is 172 Å². The smallest absolute Gasteiger partial charge is 0.244 e. The lowest BCUT2D eigenvalue weighted by molar-refractivity contribution is -0.117. The van der Waals surface area contributed by atoms with Crippen molar-refractivity contribution in [1.29, 1.82) is 0 Å². The number of anilines is 1. The summed E-state index contributed by atoms with van der Waals surface area (Å²) in [6.45, 7) is 5.32. The molecule has 0 aromatic heterocycles. The van der Waals surface area contributed by atoms with Gasteiger partial charge in [-0.1, -0.05) is 12.1 Å². The van der Waals surface area contributed by atoms with Gasteiger partial charge >= 0.3 is 0 Å². The van der Waals surface area contributed by atoms with Gasteiger partial charge in [0.2, 0.25) is 5.91 Å². The van der Waals surface area contributed by atoms with E-state index in [-0.39, 0.29) is 11.9 Å². The van der Waals surface area contributed by atoms with E-state index in [1.165, 1.54) is 11.8 Å². The minimum Gasteiger partial charge on any atom is -0.497 e. The van der Waals surface area contributed by atoms with Crippen LogP contribution in [0, 0.1) is 0 Å². The fraction of sp³-hybridized carbons (Fsp3) is 0.348. The summed E-state index contributed by atoms with van der Waals surface area (Å²) < 4.78 is 15.9. The van der Waals surface area contributed by atoms with Crippen molar-refractivity contribution in [3.8, 4) is 11.5 Å². The van der Waals surface area contributed by atoms with Crippen LogP contribution in [0.5, 0.6) is 11.5 Å². The summed E-state index contributed by atoms with van der Waals surface area (Å²) in [5.74, 6) is 1.20. The van der Waals surface area contributed by atoms with E-state index < -0.39 is 0 Å². The molecular weight excluding hydrogens is 368 g/mol. The van der Waals surface area contributed by atoms with Crippen LogP contribution in [-0.2, 0) is 9.53 Å². The minimum atomic E-state index is -0.156. The monoisotopic (exact) mass is 396 g/mol. The van der Waals surface area contributed by atoms with Gasteiger partial charge in [-0.05, 0) is 48.4 Å². The molecule has 1 amide bonds. The summed E-state index contributed by atoms with van der Waals surface area (Å²) in [6.07, 6.45) is 3.27. The lowest BCUT2D eigenvalue weighted by Crippen LogP contribution is -2.36. The number of nitrogens with one attached hydrogen (secondary N) is 1.